The Kier molecular flexibility index (Phi) is 6.05. The molecule has 0 fully saturated rings. The van der Waals surface area contributed by atoms with Gasteiger partial charge in [-0.1, -0.05) is 28.1 Å². The summed E-state index contributed by atoms with van der Waals surface area (Å²) in [5.74, 6) is 0.929. The number of aryl methyl sites for hydroxylation is 1. The highest BCUT2D eigenvalue weighted by atomic mass is 79.9. The molecule has 0 atom stereocenters. The van der Waals surface area contributed by atoms with Crippen LogP contribution in [0.15, 0.2) is 24.3 Å². The molecule has 0 bridgehead atoms. The molecule has 1 amide bonds. The summed E-state index contributed by atoms with van der Waals surface area (Å²) in [6, 6.07) is 7.83. The molecule has 0 saturated heterocycles. The number of ether oxygens (including phenoxy) is 1. The SMILES string of the molecule is Cc1cccc(OCCC(=O)N(C)CCBr)c1. The smallest absolute Gasteiger partial charge is 0.225 e. The standard InChI is InChI=1S/C13H18BrNO2/c1-11-4-3-5-12(10-11)17-9-6-13(16)15(2)8-7-14/h3-5,10H,6-9H2,1-2H3. The fraction of sp³-hybridized carbons (Fsp3) is 0.462. The summed E-state index contributed by atoms with van der Waals surface area (Å²) < 4.78 is 5.53. The molecule has 0 aliphatic heterocycles. The molecule has 0 unspecified atom stereocenters. The van der Waals surface area contributed by atoms with E-state index in [4.69, 9.17) is 4.74 Å². The zero-order chi connectivity index (χ0) is 12.7. The van der Waals surface area contributed by atoms with Gasteiger partial charge in [0.25, 0.3) is 0 Å². The lowest BCUT2D eigenvalue weighted by atomic mass is 10.2. The van der Waals surface area contributed by atoms with Gasteiger partial charge in [0.05, 0.1) is 13.0 Å². The maximum atomic E-state index is 11.6. The first kappa shape index (κ1) is 14.0. The van der Waals surface area contributed by atoms with Crippen molar-refractivity contribution < 1.29 is 9.53 Å². The van der Waals surface area contributed by atoms with E-state index in [1.54, 1.807) is 11.9 Å². The molecule has 1 rings (SSSR count). The third-order valence-electron chi connectivity index (χ3n) is 2.42. The number of carbonyl (C=O) groups excluding carboxylic acids is 1. The molecule has 1 aromatic rings. The number of halogens is 1. The minimum Gasteiger partial charge on any atom is -0.493 e. The van der Waals surface area contributed by atoms with Gasteiger partial charge in [-0.05, 0) is 24.6 Å². The van der Waals surface area contributed by atoms with Gasteiger partial charge in [0, 0.05) is 18.9 Å². The van der Waals surface area contributed by atoms with Crippen LogP contribution in [0, 0.1) is 6.92 Å². The Bertz CT molecular complexity index is 368. The van der Waals surface area contributed by atoms with E-state index in [0.29, 0.717) is 13.0 Å². The largest absolute Gasteiger partial charge is 0.493 e. The van der Waals surface area contributed by atoms with E-state index in [9.17, 15) is 4.79 Å². The van der Waals surface area contributed by atoms with Crippen LogP contribution in [0.2, 0.25) is 0 Å². The normalized spacial score (nSPS) is 10.1. The molecule has 4 heteroatoms. The van der Waals surface area contributed by atoms with E-state index in [-0.39, 0.29) is 5.91 Å². The molecule has 0 aromatic heterocycles. The van der Waals surface area contributed by atoms with Crippen LogP contribution in [0.5, 0.6) is 5.75 Å². The number of hydrogen-bond donors (Lipinski definition) is 0. The highest BCUT2D eigenvalue weighted by Crippen LogP contribution is 2.12. The van der Waals surface area contributed by atoms with E-state index in [2.05, 4.69) is 15.9 Å². The lowest BCUT2D eigenvalue weighted by Gasteiger charge is -2.15. The topological polar surface area (TPSA) is 29.5 Å². The third kappa shape index (κ3) is 5.22. The van der Waals surface area contributed by atoms with Crippen LogP contribution in [0.1, 0.15) is 12.0 Å². The number of hydrogen-bond acceptors (Lipinski definition) is 2. The van der Waals surface area contributed by atoms with Gasteiger partial charge in [0.15, 0.2) is 0 Å². The Hall–Kier alpha value is -1.03. The number of rotatable bonds is 6. The highest BCUT2D eigenvalue weighted by Gasteiger charge is 2.07. The van der Waals surface area contributed by atoms with E-state index < -0.39 is 0 Å². The molecule has 3 nitrogen and oxygen atoms in total. The molecule has 0 aliphatic carbocycles. The Morgan fingerprint density at radius 3 is 2.88 bits per heavy atom. The maximum Gasteiger partial charge on any atom is 0.225 e. The molecule has 94 valence electrons. The predicted octanol–water partition coefficient (Wildman–Crippen LogP) is 2.62. The number of carbonyl (C=O) groups is 1. The number of amides is 1. The van der Waals surface area contributed by atoms with Gasteiger partial charge in [-0.25, -0.2) is 0 Å². The van der Waals surface area contributed by atoms with Crippen molar-refractivity contribution in [3.05, 3.63) is 29.8 Å². The molecule has 0 saturated carbocycles. The summed E-state index contributed by atoms with van der Waals surface area (Å²) in [7, 11) is 1.80. The van der Waals surface area contributed by atoms with Crippen LogP contribution in [-0.2, 0) is 4.79 Å². The predicted molar refractivity (Wildman–Crippen MR) is 72.7 cm³/mol. The van der Waals surface area contributed by atoms with Crippen molar-refractivity contribution in [2.24, 2.45) is 0 Å². The van der Waals surface area contributed by atoms with Crippen LogP contribution in [-0.4, -0.2) is 36.3 Å². The molecule has 0 heterocycles. The fourth-order valence-corrected chi connectivity index (χ4v) is 1.94. The summed E-state index contributed by atoms with van der Waals surface area (Å²) >= 11 is 3.31. The number of nitrogens with zero attached hydrogens (tertiary/aromatic N) is 1. The van der Waals surface area contributed by atoms with Crippen LogP contribution >= 0.6 is 15.9 Å². The molecule has 1 aromatic carbocycles. The summed E-state index contributed by atoms with van der Waals surface area (Å²) in [6.45, 7) is 3.17. The highest BCUT2D eigenvalue weighted by molar-refractivity contribution is 9.09. The second kappa shape index (κ2) is 7.33. The summed E-state index contributed by atoms with van der Waals surface area (Å²) in [6.07, 6.45) is 0.414. The van der Waals surface area contributed by atoms with E-state index in [1.807, 2.05) is 31.2 Å². The number of benzene rings is 1. The Morgan fingerprint density at radius 1 is 1.47 bits per heavy atom. The van der Waals surface area contributed by atoms with Crippen LogP contribution in [0.25, 0.3) is 0 Å². The summed E-state index contributed by atoms with van der Waals surface area (Å²) in [5, 5.41) is 0.800. The van der Waals surface area contributed by atoms with Crippen molar-refractivity contribution in [2.75, 3.05) is 25.5 Å². The van der Waals surface area contributed by atoms with Crippen LogP contribution in [0.3, 0.4) is 0 Å². The molecule has 17 heavy (non-hydrogen) atoms. The maximum absolute atomic E-state index is 11.6. The van der Waals surface area contributed by atoms with E-state index >= 15 is 0 Å². The zero-order valence-electron chi connectivity index (χ0n) is 10.3. The van der Waals surface area contributed by atoms with Crippen molar-refractivity contribution >= 4 is 21.8 Å². The number of alkyl halides is 1. The summed E-state index contributed by atoms with van der Waals surface area (Å²) in [5.41, 5.74) is 1.16. The second-order valence-electron chi connectivity index (χ2n) is 3.92. The average Bonchev–Trinajstić information content (AvgIpc) is 2.29. The van der Waals surface area contributed by atoms with Gasteiger partial charge in [-0.2, -0.15) is 0 Å². The van der Waals surface area contributed by atoms with Gasteiger partial charge in [-0.15, -0.1) is 0 Å². The lowest BCUT2D eigenvalue weighted by Crippen LogP contribution is -2.29. The Labute approximate surface area is 111 Å². The van der Waals surface area contributed by atoms with Crippen molar-refractivity contribution in [1.29, 1.82) is 0 Å². The van der Waals surface area contributed by atoms with Gasteiger partial charge in [0.1, 0.15) is 5.75 Å². The third-order valence-corrected chi connectivity index (χ3v) is 2.77. The first-order chi connectivity index (χ1) is 8.13. The first-order valence-electron chi connectivity index (χ1n) is 5.63. The molecule has 0 radical (unpaired) electrons. The van der Waals surface area contributed by atoms with Crippen LogP contribution in [0.4, 0.5) is 0 Å². The molecule has 0 N–H and O–H groups in total. The van der Waals surface area contributed by atoms with Crippen LogP contribution < -0.4 is 4.74 Å². The Balaban J connectivity index is 2.30. The van der Waals surface area contributed by atoms with Gasteiger partial charge < -0.3 is 9.64 Å². The molecular weight excluding hydrogens is 282 g/mol. The van der Waals surface area contributed by atoms with Crippen molar-refractivity contribution in [2.45, 2.75) is 13.3 Å². The minimum absolute atomic E-state index is 0.108. The van der Waals surface area contributed by atoms with Gasteiger partial charge in [-0.3, -0.25) is 4.79 Å². The monoisotopic (exact) mass is 299 g/mol. The Morgan fingerprint density at radius 2 is 2.24 bits per heavy atom. The van der Waals surface area contributed by atoms with Gasteiger partial charge in [0.2, 0.25) is 5.91 Å². The van der Waals surface area contributed by atoms with E-state index in [0.717, 1.165) is 23.2 Å². The quantitative estimate of drug-likeness (QED) is 0.756. The zero-order valence-corrected chi connectivity index (χ0v) is 11.9. The molecular formula is C13H18BrNO2. The first-order valence-corrected chi connectivity index (χ1v) is 6.75. The van der Waals surface area contributed by atoms with Crippen molar-refractivity contribution in [3.8, 4) is 5.75 Å². The second-order valence-corrected chi connectivity index (χ2v) is 4.71. The van der Waals surface area contributed by atoms with E-state index in [1.165, 1.54) is 0 Å². The molecule has 0 spiro atoms. The van der Waals surface area contributed by atoms with Crippen molar-refractivity contribution in [1.82, 2.24) is 4.90 Å². The van der Waals surface area contributed by atoms with Crippen molar-refractivity contribution in [3.63, 3.8) is 0 Å². The molecule has 0 aliphatic rings. The summed E-state index contributed by atoms with van der Waals surface area (Å²) in [4.78, 5) is 13.3. The average molecular weight is 300 g/mol. The lowest BCUT2D eigenvalue weighted by molar-refractivity contribution is -0.130. The fourth-order valence-electron chi connectivity index (χ4n) is 1.40. The minimum atomic E-state index is 0.108. The van der Waals surface area contributed by atoms with Gasteiger partial charge >= 0.3 is 0 Å².